The molecule has 6 nitrogen and oxygen atoms in total. The molecule has 1 amide bonds. The van der Waals surface area contributed by atoms with Gasteiger partial charge < -0.3 is 10.0 Å². The lowest BCUT2D eigenvalue weighted by molar-refractivity contribution is 0.0985. The maximum Gasteiger partial charge on any atom is 0.258 e. The predicted octanol–water partition coefficient (Wildman–Crippen LogP) is 2.43. The second-order valence-corrected chi connectivity index (χ2v) is 9.31. The summed E-state index contributed by atoms with van der Waals surface area (Å²) >= 11 is 0. The number of carbonyl (C=O) groups is 1. The van der Waals surface area contributed by atoms with Gasteiger partial charge in [0.1, 0.15) is 0 Å². The Morgan fingerprint density at radius 1 is 1.00 bits per heavy atom. The van der Waals surface area contributed by atoms with Crippen LogP contribution in [0.2, 0.25) is 0 Å². The number of β-amino-alcohol motifs (C(OH)–C–C–N with tert-alkyl or cyclic N) is 1. The summed E-state index contributed by atoms with van der Waals surface area (Å²) in [6, 6.07) is 14.0. The van der Waals surface area contributed by atoms with Gasteiger partial charge in [0.25, 0.3) is 5.91 Å². The van der Waals surface area contributed by atoms with E-state index in [0.29, 0.717) is 31.5 Å². The predicted molar refractivity (Wildman–Crippen MR) is 107 cm³/mol. The summed E-state index contributed by atoms with van der Waals surface area (Å²) < 4.78 is 26.9. The highest BCUT2D eigenvalue weighted by molar-refractivity contribution is 7.89. The van der Waals surface area contributed by atoms with Crippen molar-refractivity contribution in [3.63, 3.8) is 0 Å². The van der Waals surface area contributed by atoms with Crippen molar-refractivity contribution in [2.45, 2.75) is 36.7 Å². The molecule has 0 spiro atoms. The number of fused-ring (bicyclic) bond motifs is 1. The Balaban J connectivity index is 1.56. The Morgan fingerprint density at radius 3 is 2.50 bits per heavy atom. The van der Waals surface area contributed by atoms with Crippen LogP contribution in [0, 0.1) is 0 Å². The molecule has 2 aliphatic heterocycles. The molecule has 4 rings (SSSR count). The van der Waals surface area contributed by atoms with Crippen LogP contribution in [-0.2, 0) is 16.4 Å². The highest BCUT2D eigenvalue weighted by Crippen LogP contribution is 2.28. The molecule has 1 saturated heterocycles. The third-order valence-electron chi connectivity index (χ3n) is 5.45. The van der Waals surface area contributed by atoms with Crippen molar-refractivity contribution in [2.75, 3.05) is 24.5 Å². The number of sulfonamides is 1. The highest BCUT2D eigenvalue weighted by Gasteiger charge is 2.30. The van der Waals surface area contributed by atoms with Crippen molar-refractivity contribution in [1.82, 2.24) is 4.31 Å². The Morgan fingerprint density at radius 2 is 1.75 bits per heavy atom. The lowest BCUT2D eigenvalue weighted by Crippen LogP contribution is -2.42. The van der Waals surface area contributed by atoms with E-state index in [-0.39, 0.29) is 17.3 Å². The summed E-state index contributed by atoms with van der Waals surface area (Å²) in [6.45, 7) is 1.18. The quantitative estimate of drug-likeness (QED) is 0.858. The number of hydrogen-bond acceptors (Lipinski definition) is 4. The van der Waals surface area contributed by atoms with Crippen molar-refractivity contribution < 1.29 is 18.3 Å². The molecule has 2 aliphatic rings. The molecule has 2 aromatic rings. The van der Waals surface area contributed by atoms with Crippen LogP contribution in [-0.4, -0.2) is 49.5 Å². The second-order valence-electron chi connectivity index (χ2n) is 7.37. The van der Waals surface area contributed by atoms with E-state index in [0.717, 1.165) is 24.1 Å². The lowest BCUT2D eigenvalue weighted by atomic mass is 10.0. The van der Waals surface area contributed by atoms with Gasteiger partial charge in [-0.3, -0.25) is 4.79 Å². The number of carbonyl (C=O) groups excluding carboxylic acids is 1. The largest absolute Gasteiger partial charge is 0.392 e. The normalized spacial score (nSPS) is 20.6. The SMILES string of the molecule is O=C(c1ccc(S(=O)(=O)N2CCC[C@@H](O)C2)cc1)N1CCCc2ccccc21. The van der Waals surface area contributed by atoms with Gasteiger partial charge in [-0.1, -0.05) is 18.2 Å². The van der Waals surface area contributed by atoms with Gasteiger partial charge in [0.2, 0.25) is 10.0 Å². The van der Waals surface area contributed by atoms with Gasteiger partial charge in [0.05, 0.1) is 11.0 Å². The Bertz CT molecular complexity index is 972. The zero-order valence-corrected chi connectivity index (χ0v) is 16.4. The van der Waals surface area contributed by atoms with Gasteiger partial charge in [-0.15, -0.1) is 0 Å². The molecule has 2 heterocycles. The fourth-order valence-electron chi connectivity index (χ4n) is 3.96. The summed E-state index contributed by atoms with van der Waals surface area (Å²) in [5.74, 6) is -0.121. The topological polar surface area (TPSA) is 77.9 Å². The molecule has 2 aromatic carbocycles. The first-order valence-electron chi connectivity index (χ1n) is 9.65. The van der Waals surface area contributed by atoms with Crippen LogP contribution in [0.4, 0.5) is 5.69 Å². The first-order chi connectivity index (χ1) is 13.5. The molecule has 1 N–H and O–H groups in total. The second kappa shape index (κ2) is 7.66. The number of rotatable bonds is 3. The molecule has 0 aliphatic carbocycles. The minimum Gasteiger partial charge on any atom is -0.392 e. The van der Waals surface area contributed by atoms with Crippen LogP contribution in [0.15, 0.2) is 53.4 Å². The van der Waals surface area contributed by atoms with Crippen LogP contribution < -0.4 is 4.90 Å². The highest BCUT2D eigenvalue weighted by atomic mass is 32.2. The smallest absolute Gasteiger partial charge is 0.258 e. The van der Waals surface area contributed by atoms with Crippen LogP contribution >= 0.6 is 0 Å². The Hall–Kier alpha value is -2.22. The molecular weight excluding hydrogens is 376 g/mol. The van der Waals surface area contributed by atoms with Crippen molar-refractivity contribution >= 4 is 21.6 Å². The van der Waals surface area contributed by atoms with Crippen molar-refractivity contribution in [2.24, 2.45) is 0 Å². The van der Waals surface area contributed by atoms with E-state index in [1.807, 2.05) is 24.3 Å². The van der Waals surface area contributed by atoms with Gasteiger partial charge >= 0.3 is 0 Å². The number of anilines is 1. The minimum absolute atomic E-state index is 0.119. The summed E-state index contributed by atoms with van der Waals surface area (Å²) in [7, 11) is -3.66. The van der Waals surface area contributed by atoms with Gasteiger partial charge in [-0.25, -0.2) is 8.42 Å². The molecule has 28 heavy (non-hydrogen) atoms. The first kappa shape index (κ1) is 19.1. The molecule has 0 unspecified atom stereocenters. The number of amides is 1. The number of aryl methyl sites for hydroxylation is 1. The van der Waals surface area contributed by atoms with E-state index in [1.54, 1.807) is 17.0 Å². The van der Waals surface area contributed by atoms with E-state index in [9.17, 15) is 18.3 Å². The number of hydrogen-bond donors (Lipinski definition) is 1. The fourth-order valence-corrected chi connectivity index (χ4v) is 5.47. The van der Waals surface area contributed by atoms with Gasteiger partial charge in [-0.2, -0.15) is 4.31 Å². The zero-order chi connectivity index (χ0) is 19.7. The molecule has 0 bridgehead atoms. The zero-order valence-electron chi connectivity index (χ0n) is 15.6. The maximum absolute atomic E-state index is 13.0. The molecule has 148 valence electrons. The van der Waals surface area contributed by atoms with Crippen LogP contribution in [0.3, 0.4) is 0 Å². The van der Waals surface area contributed by atoms with Gasteiger partial charge in [-0.05, 0) is 61.6 Å². The van der Waals surface area contributed by atoms with E-state index in [2.05, 4.69) is 0 Å². The van der Waals surface area contributed by atoms with Crippen LogP contribution in [0.5, 0.6) is 0 Å². The average molecular weight is 401 g/mol. The van der Waals surface area contributed by atoms with E-state index in [4.69, 9.17) is 0 Å². The summed E-state index contributed by atoms with van der Waals surface area (Å²) in [5.41, 5.74) is 2.55. The first-order valence-corrected chi connectivity index (χ1v) is 11.1. The molecule has 0 saturated carbocycles. The third kappa shape index (κ3) is 3.57. The number of benzene rings is 2. The Labute approximate surface area is 165 Å². The molecule has 7 heteroatoms. The number of aliphatic hydroxyl groups is 1. The third-order valence-corrected chi connectivity index (χ3v) is 7.33. The molecule has 1 atom stereocenters. The van der Waals surface area contributed by atoms with Crippen LogP contribution in [0.25, 0.3) is 0 Å². The fraction of sp³-hybridized carbons (Fsp3) is 0.381. The monoisotopic (exact) mass is 400 g/mol. The average Bonchev–Trinajstić information content (AvgIpc) is 2.73. The molecule has 0 radical (unpaired) electrons. The maximum atomic E-state index is 13.0. The van der Waals surface area contributed by atoms with E-state index in [1.165, 1.54) is 16.4 Å². The van der Waals surface area contributed by atoms with Crippen LogP contribution in [0.1, 0.15) is 35.2 Å². The summed E-state index contributed by atoms with van der Waals surface area (Å²) in [4.78, 5) is 14.9. The Kier molecular flexibility index (Phi) is 5.23. The van der Waals surface area contributed by atoms with Crippen molar-refractivity contribution in [3.05, 3.63) is 59.7 Å². The standard InChI is InChI=1S/C21H24N2O4S/c24-18-7-4-13-22(15-18)28(26,27)19-11-9-17(10-12-19)21(25)23-14-3-6-16-5-1-2-8-20(16)23/h1-2,5,8-12,18,24H,3-4,6-7,13-15H2/t18-/m1/s1. The number of piperidine rings is 1. The van der Waals surface area contributed by atoms with E-state index < -0.39 is 16.1 Å². The summed E-state index contributed by atoms with van der Waals surface area (Å²) in [5, 5.41) is 9.77. The van der Waals surface area contributed by atoms with E-state index >= 15 is 0 Å². The molecule has 1 fully saturated rings. The van der Waals surface area contributed by atoms with Crippen molar-refractivity contribution in [3.8, 4) is 0 Å². The molecule has 0 aromatic heterocycles. The lowest BCUT2D eigenvalue weighted by Gasteiger charge is -2.30. The number of nitrogens with zero attached hydrogens (tertiary/aromatic N) is 2. The number of para-hydroxylation sites is 1. The van der Waals surface area contributed by atoms with Gasteiger partial charge in [0, 0.05) is 30.9 Å². The number of aliphatic hydroxyl groups excluding tert-OH is 1. The minimum atomic E-state index is -3.66. The van der Waals surface area contributed by atoms with Crippen molar-refractivity contribution in [1.29, 1.82) is 0 Å². The summed E-state index contributed by atoms with van der Waals surface area (Å²) in [6.07, 6.45) is 2.51. The van der Waals surface area contributed by atoms with Gasteiger partial charge in [0.15, 0.2) is 0 Å². The molecular formula is C21H24N2O4S.